The Hall–Kier alpha value is -2.49. The van der Waals surface area contributed by atoms with Crippen LogP contribution in [0.15, 0.2) is 42.9 Å². The standard InChI is InChI=1S/C17H20F2N4O3/c18-17(19,15(25)13(21)6-10-4-2-1-3-5-10)16(26)14(24)12(20)7-11-8-22-9-23-11/h1-5,8-9,12-13,15,25H,6-7,20-21H2,(H,22,23)/t12?,13-,15+/m0/s1. The van der Waals surface area contributed by atoms with Gasteiger partial charge in [-0.3, -0.25) is 9.59 Å². The molecule has 0 spiro atoms. The SMILES string of the molecule is NC(Cc1cnc[nH]1)C(=O)C(=O)C(F)(F)[C@H](O)[C@@H](N)Cc1ccccc1. The highest BCUT2D eigenvalue weighted by atomic mass is 19.3. The minimum absolute atomic E-state index is 0.0841. The lowest BCUT2D eigenvalue weighted by Gasteiger charge is -2.26. The molecule has 1 heterocycles. The van der Waals surface area contributed by atoms with E-state index in [4.69, 9.17) is 11.5 Å². The Morgan fingerprint density at radius 3 is 2.42 bits per heavy atom. The topological polar surface area (TPSA) is 135 Å². The average Bonchev–Trinajstić information content (AvgIpc) is 3.13. The molecule has 2 aromatic rings. The highest BCUT2D eigenvalue weighted by molar-refractivity contribution is 6.41. The number of aromatic amines is 1. The van der Waals surface area contributed by atoms with Crippen molar-refractivity contribution in [2.75, 3.05) is 0 Å². The van der Waals surface area contributed by atoms with Crippen LogP contribution in [0.5, 0.6) is 0 Å². The lowest BCUT2D eigenvalue weighted by molar-refractivity contribution is -0.168. The van der Waals surface area contributed by atoms with Gasteiger partial charge >= 0.3 is 5.92 Å². The maximum atomic E-state index is 14.3. The summed E-state index contributed by atoms with van der Waals surface area (Å²) in [6.45, 7) is 0. The number of carbonyl (C=O) groups excluding carboxylic acids is 2. The van der Waals surface area contributed by atoms with Gasteiger partial charge in [-0.2, -0.15) is 8.78 Å². The van der Waals surface area contributed by atoms with Gasteiger partial charge in [-0.1, -0.05) is 30.3 Å². The number of aliphatic hydroxyl groups is 1. The zero-order chi connectivity index (χ0) is 19.3. The van der Waals surface area contributed by atoms with Gasteiger partial charge in [0.05, 0.1) is 12.4 Å². The molecule has 9 heteroatoms. The minimum atomic E-state index is -4.34. The Bertz CT molecular complexity index is 738. The number of nitrogens with one attached hydrogen (secondary N) is 1. The van der Waals surface area contributed by atoms with E-state index in [0.717, 1.165) is 0 Å². The molecular formula is C17H20F2N4O3. The molecule has 0 aliphatic heterocycles. The number of nitrogens with zero attached hydrogens (tertiary/aromatic N) is 1. The summed E-state index contributed by atoms with van der Waals surface area (Å²) in [5.74, 6) is -7.87. The van der Waals surface area contributed by atoms with Crippen LogP contribution in [0.2, 0.25) is 0 Å². The molecule has 1 aromatic carbocycles. The molecule has 3 atom stereocenters. The second-order valence-electron chi connectivity index (χ2n) is 6.00. The van der Waals surface area contributed by atoms with E-state index >= 15 is 0 Å². The molecule has 7 nitrogen and oxygen atoms in total. The molecule has 0 fully saturated rings. The average molecular weight is 366 g/mol. The van der Waals surface area contributed by atoms with Crippen LogP contribution >= 0.6 is 0 Å². The number of aromatic nitrogens is 2. The number of ketones is 2. The Morgan fingerprint density at radius 1 is 1.19 bits per heavy atom. The summed E-state index contributed by atoms with van der Waals surface area (Å²) >= 11 is 0. The number of hydrogen-bond donors (Lipinski definition) is 4. The van der Waals surface area contributed by atoms with Gasteiger partial charge in [0.15, 0.2) is 0 Å². The van der Waals surface area contributed by atoms with Crippen LogP contribution < -0.4 is 11.5 Å². The van der Waals surface area contributed by atoms with E-state index in [-0.39, 0.29) is 12.8 Å². The molecule has 0 bridgehead atoms. The lowest BCUT2D eigenvalue weighted by Crippen LogP contribution is -2.56. The van der Waals surface area contributed by atoms with Gasteiger partial charge in [-0.25, -0.2) is 4.98 Å². The van der Waals surface area contributed by atoms with Gasteiger partial charge in [-0.15, -0.1) is 0 Å². The summed E-state index contributed by atoms with van der Waals surface area (Å²) in [4.78, 5) is 30.2. The van der Waals surface area contributed by atoms with Crippen molar-refractivity contribution in [3.05, 3.63) is 54.1 Å². The zero-order valence-corrected chi connectivity index (χ0v) is 13.8. The van der Waals surface area contributed by atoms with Crippen LogP contribution in [0.4, 0.5) is 8.78 Å². The number of aliphatic hydroxyl groups excluding tert-OH is 1. The fourth-order valence-electron chi connectivity index (χ4n) is 2.46. The first kappa shape index (κ1) is 19.8. The van der Waals surface area contributed by atoms with Gasteiger partial charge in [0.1, 0.15) is 6.10 Å². The van der Waals surface area contributed by atoms with Crippen LogP contribution in [0.25, 0.3) is 0 Å². The lowest BCUT2D eigenvalue weighted by atomic mass is 9.92. The summed E-state index contributed by atoms with van der Waals surface area (Å²) < 4.78 is 28.6. The predicted molar refractivity (Wildman–Crippen MR) is 89.4 cm³/mol. The second kappa shape index (κ2) is 8.26. The second-order valence-corrected chi connectivity index (χ2v) is 6.00. The normalized spacial score (nSPS) is 15.3. The third-order valence-electron chi connectivity index (χ3n) is 3.95. The summed E-state index contributed by atoms with van der Waals surface area (Å²) in [7, 11) is 0. The number of imidazole rings is 1. The van der Waals surface area contributed by atoms with Crippen LogP contribution in [-0.4, -0.2) is 50.8 Å². The molecule has 0 saturated carbocycles. The van der Waals surface area contributed by atoms with Gasteiger partial charge in [0, 0.05) is 24.4 Å². The fourth-order valence-corrected chi connectivity index (χ4v) is 2.46. The smallest absolute Gasteiger partial charge is 0.339 e. The molecule has 1 aromatic heterocycles. The highest BCUT2D eigenvalue weighted by Gasteiger charge is 2.52. The molecule has 0 amide bonds. The van der Waals surface area contributed by atoms with Crippen molar-refractivity contribution in [1.82, 2.24) is 9.97 Å². The minimum Gasteiger partial charge on any atom is -0.385 e. The molecule has 140 valence electrons. The number of hydrogen-bond acceptors (Lipinski definition) is 6. The number of halogens is 2. The highest BCUT2D eigenvalue weighted by Crippen LogP contribution is 2.24. The third kappa shape index (κ3) is 4.57. The summed E-state index contributed by atoms with van der Waals surface area (Å²) in [6, 6.07) is 5.50. The van der Waals surface area contributed by atoms with Crippen LogP contribution in [0.1, 0.15) is 11.3 Å². The first-order valence-corrected chi connectivity index (χ1v) is 7.90. The molecular weight excluding hydrogens is 346 g/mol. The Labute approximate surface area is 148 Å². The number of carbonyl (C=O) groups is 2. The van der Waals surface area contributed by atoms with E-state index in [1.54, 1.807) is 30.3 Å². The van der Waals surface area contributed by atoms with Crippen LogP contribution in [-0.2, 0) is 22.4 Å². The molecule has 0 saturated heterocycles. The Kier molecular flexibility index (Phi) is 6.30. The van der Waals surface area contributed by atoms with Crippen molar-refractivity contribution in [3.63, 3.8) is 0 Å². The van der Waals surface area contributed by atoms with Crippen molar-refractivity contribution in [1.29, 1.82) is 0 Å². The van der Waals surface area contributed by atoms with Crippen molar-refractivity contribution in [3.8, 4) is 0 Å². The number of rotatable bonds is 9. The van der Waals surface area contributed by atoms with Gasteiger partial charge < -0.3 is 21.6 Å². The molecule has 0 aliphatic carbocycles. The monoisotopic (exact) mass is 366 g/mol. The first-order chi connectivity index (χ1) is 12.2. The first-order valence-electron chi connectivity index (χ1n) is 7.90. The maximum absolute atomic E-state index is 14.3. The third-order valence-corrected chi connectivity index (χ3v) is 3.95. The summed E-state index contributed by atoms with van der Waals surface area (Å²) in [6.07, 6.45) is -0.0691. The molecule has 2 rings (SSSR count). The fraction of sp³-hybridized carbons (Fsp3) is 0.353. The quantitative estimate of drug-likeness (QED) is 0.461. The van der Waals surface area contributed by atoms with Crippen molar-refractivity contribution in [2.45, 2.75) is 37.0 Å². The molecule has 6 N–H and O–H groups in total. The molecule has 0 radical (unpaired) electrons. The van der Waals surface area contributed by atoms with E-state index < -0.39 is 35.7 Å². The Balaban J connectivity index is 2.03. The number of benzene rings is 1. The number of H-pyrrole nitrogens is 1. The Morgan fingerprint density at radius 2 is 1.85 bits per heavy atom. The molecule has 1 unspecified atom stereocenters. The van der Waals surface area contributed by atoms with Gasteiger partial charge in [-0.05, 0) is 12.0 Å². The largest absolute Gasteiger partial charge is 0.385 e. The van der Waals surface area contributed by atoms with E-state index in [2.05, 4.69) is 9.97 Å². The van der Waals surface area contributed by atoms with Crippen molar-refractivity contribution < 1.29 is 23.5 Å². The summed E-state index contributed by atoms with van der Waals surface area (Å²) in [5.41, 5.74) is 12.2. The molecule has 26 heavy (non-hydrogen) atoms. The van der Waals surface area contributed by atoms with Gasteiger partial charge in [0.2, 0.25) is 5.78 Å². The van der Waals surface area contributed by atoms with Gasteiger partial charge in [0.25, 0.3) is 5.78 Å². The van der Waals surface area contributed by atoms with E-state index in [9.17, 15) is 23.5 Å². The van der Waals surface area contributed by atoms with Crippen LogP contribution in [0, 0.1) is 0 Å². The number of nitrogens with two attached hydrogens (primary N) is 2. The zero-order valence-electron chi connectivity index (χ0n) is 13.8. The molecule has 0 aliphatic rings. The summed E-state index contributed by atoms with van der Waals surface area (Å²) in [5, 5.41) is 9.86. The van der Waals surface area contributed by atoms with E-state index in [1.165, 1.54) is 12.5 Å². The van der Waals surface area contributed by atoms with E-state index in [0.29, 0.717) is 11.3 Å². The number of Topliss-reactive ketones (excluding diaryl/α,β-unsaturated/α-hetero) is 2. The number of alkyl halides is 2. The maximum Gasteiger partial charge on any atom is 0.339 e. The van der Waals surface area contributed by atoms with Crippen LogP contribution in [0.3, 0.4) is 0 Å². The van der Waals surface area contributed by atoms with Crippen molar-refractivity contribution in [2.24, 2.45) is 11.5 Å². The van der Waals surface area contributed by atoms with Crippen molar-refractivity contribution >= 4 is 11.6 Å². The van der Waals surface area contributed by atoms with E-state index in [1.807, 2.05) is 0 Å². The predicted octanol–water partition coefficient (Wildman–Crippen LogP) is -0.0161.